The van der Waals surface area contributed by atoms with Crippen LogP contribution in [0.1, 0.15) is 28.1 Å². The van der Waals surface area contributed by atoms with Crippen LogP contribution in [0, 0.1) is 0 Å². The summed E-state index contributed by atoms with van der Waals surface area (Å²) >= 11 is 1.49. The number of ether oxygens (including phenoxy) is 2. The number of nitrogens with zero attached hydrogens (tertiary/aromatic N) is 2. The lowest BCUT2D eigenvalue weighted by Crippen LogP contribution is -2.43. The number of likely N-dealkylation sites (tertiary alicyclic amines) is 1. The lowest BCUT2D eigenvalue weighted by molar-refractivity contribution is -0.192. The molecule has 4 rings (SSSR count). The molecule has 1 amide bonds. The zero-order chi connectivity index (χ0) is 22.4. The van der Waals surface area contributed by atoms with Crippen molar-refractivity contribution in [1.82, 2.24) is 9.88 Å². The van der Waals surface area contributed by atoms with Gasteiger partial charge in [-0.15, -0.1) is 11.3 Å². The molecule has 2 aliphatic heterocycles. The standard InChI is InChI=1S/C18H20N2O3S.C2HF3O2/c21-18(16-4-2-10-24-16)20-11-15(17-14(20)3-1-9-22-17)23-12-13-5-7-19-8-6-13;3-2(4,5)1(6)7/h2,4-8,10,14-15,17H,1,3,9,11-12H2;(H,6,7)/t14-,15+,17+;/m0./s1. The Morgan fingerprint density at radius 2 is 2.00 bits per heavy atom. The Hall–Kier alpha value is -2.50. The van der Waals surface area contributed by atoms with Crippen LogP contribution in [0.4, 0.5) is 13.2 Å². The number of hydrogen-bond acceptors (Lipinski definition) is 6. The predicted octanol–water partition coefficient (Wildman–Crippen LogP) is 3.37. The maximum Gasteiger partial charge on any atom is 0.490 e. The zero-order valence-corrected chi connectivity index (χ0v) is 17.1. The van der Waals surface area contributed by atoms with Gasteiger partial charge in [-0.3, -0.25) is 9.78 Å². The minimum Gasteiger partial charge on any atom is -0.475 e. The van der Waals surface area contributed by atoms with Gasteiger partial charge in [0.15, 0.2) is 0 Å². The maximum atomic E-state index is 12.8. The summed E-state index contributed by atoms with van der Waals surface area (Å²) in [6, 6.07) is 7.82. The zero-order valence-electron chi connectivity index (χ0n) is 16.3. The largest absolute Gasteiger partial charge is 0.490 e. The van der Waals surface area contributed by atoms with Crippen LogP contribution in [0.25, 0.3) is 0 Å². The van der Waals surface area contributed by atoms with Gasteiger partial charge in [0, 0.05) is 19.0 Å². The molecular weight excluding hydrogens is 437 g/mol. The average molecular weight is 458 g/mol. The molecule has 0 spiro atoms. The Labute approximate surface area is 180 Å². The third-order valence-corrected chi connectivity index (χ3v) is 5.78. The van der Waals surface area contributed by atoms with E-state index in [0.717, 1.165) is 29.9 Å². The number of carbonyl (C=O) groups excluding carboxylic acids is 1. The van der Waals surface area contributed by atoms with E-state index in [-0.39, 0.29) is 24.2 Å². The van der Waals surface area contributed by atoms with E-state index in [1.807, 2.05) is 34.5 Å². The number of fused-ring (bicyclic) bond motifs is 1. The number of carbonyl (C=O) groups is 2. The van der Waals surface area contributed by atoms with Crippen molar-refractivity contribution in [2.75, 3.05) is 13.2 Å². The van der Waals surface area contributed by atoms with Crippen LogP contribution in [0.15, 0.2) is 42.0 Å². The lowest BCUT2D eigenvalue weighted by atomic mass is 10.0. The summed E-state index contributed by atoms with van der Waals surface area (Å²) in [4.78, 5) is 28.5. The predicted molar refractivity (Wildman–Crippen MR) is 105 cm³/mol. The van der Waals surface area contributed by atoms with Gasteiger partial charge in [-0.2, -0.15) is 13.2 Å². The number of hydrogen-bond donors (Lipinski definition) is 1. The van der Waals surface area contributed by atoms with E-state index in [1.54, 1.807) is 12.4 Å². The van der Waals surface area contributed by atoms with E-state index in [4.69, 9.17) is 19.4 Å². The van der Waals surface area contributed by atoms with Crippen LogP contribution < -0.4 is 0 Å². The highest BCUT2D eigenvalue weighted by Gasteiger charge is 2.47. The Morgan fingerprint density at radius 1 is 1.29 bits per heavy atom. The first-order valence-corrected chi connectivity index (χ1v) is 10.4. The summed E-state index contributed by atoms with van der Waals surface area (Å²) < 4.78 is 43.8. The Balaban J connectivity index is 0.000000339. The third kappa shape index (κ3) is 6.02. The highest BCUT2D eigenvalue weighted by atomic mass is 32.1. The summed E-state index contributed by atoms with van der Waals surface area (Å²) in [5.74, 6) is -2.66. The molecule has 0 bridgehead atoms. The SMILES string of the molecule is O=C(O)C(F)(F)F.O=C(c1cccs1)N1C[C@@H](OCc2ccncc2)[C@@H]2OCCC[C@@H]21. The normalized spacial score (nSPS) is 22.9. The molecule has 11 heteroatoms. The molecular formula is C20H21F3N2O5S. The fourth-order valence-corrected chi connectivity index (χ4v) is 4.19. The molecule has 31 heavy (non-hydrogen) atoms. The summed E-state index contributed by atoms with van der Waals surface area (Å²) in [5, 5.41) is 9.07. The first-order chi connectivity index (χ1) is 14.8. The van der Waals surface area contributed by atoms with Crippen LogP contribution in [-0.2, 0) is 20.9 Å². The van der Waals surface area contributed by atoms with Gasteiger partial charge in [0.1, 0.15) is 12.2 Å². The first-order valence-electron chi connectivity index (χ1n) is 9.54. The molecule has 7 nitrogen and oxygen atoms in total. The third-order valence-electron chi connectivity index (χ3n) is 4.93. The van der Waals surface area contributed by atoms with Crippen molar-refractivity contribution in [2.45, 2.75) is 43.9 Å². The van der Waals surface area contributed by atoms with Crippen LogP contribution in [0.2, 0.25) is 0 Å². The highest BCUT2D eigenvalue weighted by Crippen LogP contribution is 2.32. The second-order valence-electron chi connectivity index (χ2n) is 6.99. The van der Waals surface area contributed by atoms with Crippen LogP contribution >= 0.6 is 11.3 Å². The fourth-order valence-electron chi connectivity index (χ4n) is 3.51. The van der Waals surface area contributed by atoms with E-state index >= 15 is 0 Å². The lowest BCUT2D eigenvalue weighted by Gasteiger charge is -2.32. The molecule has 0 radical (unpaired) electrons. The Morgan fingerprint density at radius 3 is 2.61 bits per heavy atom. The number of rotatable bonds is 4. The number of aromatic nitrogens is 1. The van der Waals surface area contributed by atoms with Crippen molar-refractivity contribution in [3.05, 3.63) is 52.5 Å². The Kier molecular flexibility index (Phi) is 7.63. The van der Waals surface area contributed by atoms with Gasteiger partial charge >= 0.3 is 12.1 Å². The number of amides is 1. The van der Waals surface area contributed by atoms with E-state index in [1.165, 1.54) is 11.3 Å². The molecule has 2 aromatic rings. The molecule has 2 aromatic heterocycles. The molecule has 2 aliphatic rings. The van der Waals surface area contributed by atoms with Gasteiger partial charge in [0.2, 0.25) is 0 Å². The summed E-state index contributed by atoms with van der Waals surface area (Å²) in [6.07, 6.45) is 0.320. The molecule has 0 saturated carbocycles. The molecule has 4 heterocycles. The van der Waals surface area contributed by atoms with Gasteiger partial charge in [0.05, 0.1) is 24.1 Å². The fraction of sp³-hybridized carbons (Fsp3) is 0.450. The van der Waals surface area contributed by atoms with Crippen molar-refractivity contribution >= 4 is 23.2 Å². The number of carboxylic acid groups (broad SMARTS) is 1. The number of pyridine rings is 1. The molecule has 0 aliphatic carbocycles. The topological polar surface area (TPSA) is 89.0 Å². The van der Waals surface area contributed by atoms with E-state index in [0.29, 0.717) is 13.2 Å². The molecule has 2 fully saturated rings. The molecule has 1 N–H and O–H groups in total. The van der Waals surface area contributed by atoms with Crippen molar-refractivity contribution in [3.63, 3.8) is 0 Å². The van der Waals surface area contributed by atoms with Crippen molar-refractivity contribution in [2.24, 2.45) is 0 Å². The molecule has 0 aromatic carbocycles. The van der Waals surface area contributed by atoms with Crippen molar-refractivity contribution in [1.29, 1.82) is 0 Å². The van der Waals surface area contributed by atoms with Crippen molar-refractivity contribution < 1.29 is 37.3 Å². The monoisotopic (exact) mass is 458 g/mol. The van der Waals surface area contributed by atoms with Gasteiger partial charge in [0.25, 0.3) is 5.91 Å². The Bertz CT molecular complexity index is 863. The first kappa shape index (κ1) is 23.2. The number of aliphatic carboxylic acids is 1. The number of alkyl halides is 3. The minimum atomic E-state index is -5.08. The summed E-state index contributed by atoms with van der Waals surface area (Å²) in [6.45, 7) is 1.86. The second kappa shape index (κ2) is 10.2. The highest BCUT2D eigenvalue weighted by molar-refractivity contribution is 7.12. The van der Waals surface area contributed by atoms with Gasteiger partial charge in [-0.25, -0.2) is 4.79 Å². The minimum absolute atomic E-state index is 0.0236. The second-order valence-corrected chi connectivity index (χ2v) is 7.94. The summed E-state index contributed by atoms with van der Waals surface area (Å²) in [5.41, 5.74) is 1.08. The molecule has 168 valence electrons. The maximum absolute atomic E-state index is 12.8. The average Bonchev–Trinajstić information content (AvgIpc) is 3.41. The van der Waals surface area contributed by atoms with Crippen molar-refractivity contribution in [3.8, 4) is 0 Å². The number of thiophene rings is 1. The van der Waals surface area contributed by atoms with Crippen LogP contribution in [0.5, 0.6) is 0 Å². The molecule has 3 atom stereocenters. The van der Waals surface area contributed by atoms with E-state index in [2.05, 4.69) is 4.98 Å². The molecule has 0 unspecified atom stereocenters. The van der Waals surface area contributed by atoms with Crippen LogP contribution in [-0.4, -0.2) is 64.4 Å². The molecule has 2 saturated heterocycles. The van der Waals surface area contributed by atoms with Gasteiger partial charge < -0.3 is 19.5 Å². The smallest absolute Gasteiger partial charge is 0.475 e. The van der Waals surface area contributed by atoms with Gasteiger partial charge in [-0.05, 0) is 42.0 Å². The number of halogens is 3. The van der Waals surface area contributed by atoms with Crippen LogP contribution in [0.3, 0.4) is 0 Å². The van der Waals surface area contributed by atoms with Gasteiger partial charge in [-0.1, -0.05) is 6.07 Å². The van der Waals surface area contributed by atoms with E-state index in [9.17, 15) is 18.0 Å². The summed E-state index contributed by atoms with van der Waals surface area (Å²) in [7, 11) is 0. The quantitative estimate of drug-likeness (QED) is 0.756. The van der Waals surface area contributed by atoms with E-state index < -0.39 is 12.1 Å². The number of carboxylic acids is 1.